The average molecular weight is 472 g/mol. The third-order valence-corrected chi connectivity index (χ3v) is 4.70. The van der Waals surface area contributed by atoms with E-state index in [1.54, 1.807) is 79.9 Å². The largest absolute Gasteiger partial charge is 0.497 e. The van der Waals surface area contributed by atoms with Gasteiger partial charge in [-0.05, 0) is 67.1 Å². The number of nitrogens with one attached hydrogen (secondary N) is 2. The Morgan fingerprint density at radius 2 is 1.60 bits per heavy atom. The van der Waals surface area contributed by atoms with Gasteiger partial charge in [-0.1, -0.05) is 18.2 Å². The molecule has 0 spiro atoms. The van der Waals surface area contributed by atoms with E-state index < -0.39 is 5.91 Å². The van der Waals surface area contributed by atoms with Crippen molar-refractivity contribution in [1.29, 1.82) is 5.26 Å². The summed E-state index contributed by atoms with van der Waals surface area (Å²) in [6.45, 7) is 2.21. The maximum atomic E-state index is 12.5. The molecular formula is C27H25N3O5. The first-order valence-corrected chi connectivity index (χ1v) is 10.8. The highest BCUT2D eigenvalue weighted by molar-refractivity contribution is 6.09. The number of ether oxygens (including phenoxy) is 3. The van der Waals surface area contributed by atoms with Crippen molar-refractivity contribution in [2.45, 2.75) is 6.92 Å². The number of nitriles is 1. The van der Waals surface area contributed by atoms with Gasteiger partial charge in [0.25, 0.3) is 11.8 Å². The molecule has 8 nitrogen and oxygen atoms in total. The highest BCUT2D eigenvalue weighted by Gasteiger charge is 2.10. The van der Waals surface area contributed by atoms with Crippen molar-refractivity contribution in [2.75, 3.05) is 31.0 Å². The van der Waals surface area contributed by atoms with Crippen LogP contribution < -0.4 is 24.8 Å². The van der Waals surface area contributed by atoms with Crippen LogP contribution in [0.1, 0.15) is 12.5 Å². The van der Waals surface area contributed by atoms with Crippen molar-refractivity contribution < 1.29 is 23.8 Å². The van der Waals surface area contributed by atoms with Gasteiger partial charge in [0, 0.05) is 17.4 Å². The SMILES string of the molecule is CCOc1cccc(NC(=O)/C(C#N)=C/c2ccc(OCC(=O)Nc3ccc(OC)cc3)cc2)c1. The van der Waals surface area contributed by atoms with Gasteiger partial charge in [0.05, 0.1) is 13.7 Å². The summed E-state index contributed by atoms with van der Waals surface area (Å²) in [6.07, 6.45) is 1.47. The molecule has 3 rings (SSSR count). The lowest BCUT2D eigenvalue weighted by Crippen LogP contribution is -2.20. The third-order valence-electron chi connectivity index (χ3n) is 4.70. The number of carbonyl (C=O) groups is 2. The molecule has 0 aliphatic carbocycles. The minimum Gasteiger partial charge on any atom is -0.497 e. The number of anilines is 2. The van der Waals surface area contributed by atoms with Crippen molar-refractivity contribution in [3.05, 3.63) is 83.9 Å². The molecule has 0 unspecified atom stereocenters. The molecule has 0 aliphatic heterocycles. The van der Waals surface area contributed by atoms with Crippen LogP contribution in [-0.2, 0) is 9.59 Å². The van der Waals surface area contributed by atoms with Crippen LogP contribution in [-0.4, -0.2) is 32.1 Å². The van der Waals surface area contributed by atoms with Crippen molar-refractivity contribution in [2.24, 2.45) is 0 Å². The first kappa shape index (κ1) is 24.9. The lowest BCUT2D eigenvalue weighted by atomic mass is 10.1. The first-order chi connectivity index (χ1) is 17.0. The van der Waals surface area contributed by atoms with Gasteiger partial charge >= 0.3 is 0 Å². The van der Waals surface area contributed by atoms with Gasteiger partial charge in [-0.15, -0.1) is 0 Å². The predicted octanol–water partition coefficient (Wildman–Crippen LogP) is 4.66. The Hall–Kier alpha value is -4.77. The summed E-state index contributed by atoms with van der Waals surface area (Å²) < 4.78 is 16.0. The van der Waals surface area contributed by atoms with E-state index in [1.807, 2.05) is 13.0 Å². The minimum atomic E-state index is -0.531. The number of carbonyl (C=O) groups excluding carboxylic acids is 2. The molecule has 0 aromatic heterocycles. The van der Waals surface area contributed by atoms with Crippen LogP contribution in [0.5, 0.6) is 17.2 Å². The van der Waals surface area contributed by atoms with Crippen LogP contribution in [0, 0.1) is 11.3 Å². The molecule has 178 valence electrons. The Kier molecular flexibility index (Phi) is 8.85. The van der Waals surface area contributed by atoms with Crippen molar-refractivity contribution in [3.8, 4) is 23.3 Å². The van der Waals surface area contributed by atoms with E-state index in [0.29, 0.717) is 40.8 Å². The molecule has 0 saturated heterocycles. The van der Waals surface area contributed by atoms with Gasteiger partial charge in [-0.2, -0.15) is 5.26 Å². The summed E-state index contributed by atoms with van der Waals surface area (Å²) in [5.74, 6) is 0.956. The summed E-state index contributed by atoms with van der Waals surface area (Å²) in [4.78, 5) is 24.6. The Labute approximate surface area is 203 Å². The topological polar surface area (TPSA) is 110 Å². The van der Waals surface area contributed by atoms with Crippen molar-refractivity contribution in [1.82, 2.24) is 0 Å². The molecule has 3 aromatic carbocycles. The summed E-state index contributed by atoms with van der Waals surface area (Å²) in [5.41, 5.74) is 1.74. The number of hydrogen-bond acceptors (Lipinski definition) is 6. The molecule has 3 aromatic rings. The Morgan fingerprint density at radius 3 is 2.26 bits per heavy atom. The van der Waals surface area contributed by atoms with E-state index in [4.69, 9.17) is 14.2 Å². The number of benzene rings is 3. The molecule has 2 amide bonds. The summed E-state index contributed by atoms with van der Waals surface area (Å²) in [7, 11) is 1.57. The lowest BCUT2D eigenvalue weighted by Gasteiger charge is -2.09. The van der Waals surface area contributed by atoms with Gasteiger partial charge in [-0.25, -0.2) is 0 Å². The van der Waals surface area contributed by atoms with Crippen LogP contribution in [0.3, 0.4) is 0 Å². The predicted molar refractivity (Wildman–Crippen MR) is 133 cm³/mol. The average Bonchev–Trinajstić information content (AvgIpc) is 2.87. The van der Waals surface area contributed by atoms with E-state index >= 15 is 0 Å². The highest BCUT2D eigenvalue weighted by atomic mass is 16.5. The number of hydrogen-bond donors (Lipinski definition) is 2. The van der Waals surface area contributed by atoms with Gasteiger partial charge in [-0.3, -0.25) is 9.59 Å². The lowest BCUT2D eigenvalue weighted by molar-refractivity contribution is -0.118. The second kappa shape index (κ2) is 12.5. The zero-order valence-corrected chi connectivity index (χ0v) is 19.4. The number of methoxy groups -OCH3 is 1. The van der Waals surface area contributed by atoms with Gasteiger partial charge in [0.2, 0.25) is 0 Å². The monoisotopic (exact) mass is 471 g/mol. The Bertz CT molecular complexity index is 1230. The maximum absolute atomic E-state index is 12.5. The van der Waals surface area contributed by atoms with Gasteiger partial charge in [0.15, 0.2) is 6.61 Å². The van der Waals surface area contributed by atoms with E-state index in [0.717, 1.165) is 0 Å². The number of rotatable bonds is 10. The molecule has 0 fully saturated rings. The summed E-state index contributed by atoms with van der Waals surface area (Å²) in [6, 6.07) is 22.5. The highest BCUT2D eigenvalue weighted by Crippen LogP contribution is 2.19. The first-order valence-electron chi connectivity index (χ1n) is 10.8. The Balaban J connectivity index is 1.55. The van der Waals surface area contributed by atoms with Crippen LogP contribution in [0.4, 0.5) is 11.4 Å². The summed E-state index contributed by atoms with van der Waals surface area (Å²) in [5, 5.41) is 14.9. The molecule has 0 bridgehead atoms. The fraction of sp³-hybridized carbons (Fsp3) is 0.148. The molecule has 35 heavy (non-hydrogen) atoms. The van der Waals surface area contributed by atoms with E-state index in [-0.39, 0.29) is 18.1 Å². The molecule has 8 heteroatoms. The van der Waals surface area contributed by atoms with E-state index in [9.17, 15) is 14.9 Å². The normalized spacial score (nSPS) is 10.6. The molecule has 0 radical (unpaired) electrons. The zero-order valence-electron chi connectivity index (χ0n) is 19.4. The quantitative estimate of drug-likeness (QED) is 0.329. The molecule has 0 heterocycles. The van der Waals surface area contributed by atoms with Crippen LogP contribution in [0.25, 0.3) is 6.08 Å². The standard InChI is InChI=1S/C27H25N3O5/c1-3-34-25-6-4-5-22(16-25)30-27(32)20(17-28)15-19-7-11-24(12-8-19)35-18-26(31)29-21-9-13-23(33-2)14-10-21/h4-16H,3,18H2,1-2H3,(H,29,31)(H,30,32)/b20-15+. The van der Waals surface area contributed by atoms with Crippen LogP contribution in [0.15, 0.2) is 78.4 Å². The third kappa shape index (κ3) is 7.65. The second-order valence-corrected chi connectivity index (χ2v) is 7.22. The zero-order chi connectivity index (χ0) is 25.0. The van der Waals surface area contributed by atoms with E-state index in [1.165, 1.54) is 6.08 Å². The van der Waals surface area contributed by atoms with E-state index in [2.05, 4.69) is 10.6 Å². The van der Waals surface area contributed by atoms with Crippen LogP contribution >= 0.6 is 0 Å². The smallest absolute Gasteiger partial charge is 0.266 e. The molecule has 2 N–H and O–H groups in total. The van der Waals surface area contributed by atoms with Crippen molar-refractivity contribution >= 4 is 29.3 Å². The molecule has 0 atom stereocenters. The van der Waals surface area contributed by atoms with Crippen molar-refractivity contribution in [3.63, 3.8) is 0 Å². The fourth-order valence-electron chi connectivity index (χ4n) is 3.02. The maximum Gasteiger partial charge on any atom is 0.266 e. The van der Waals surface area contributed by atoms with Crippen LogP contribution in [0.2, 0.25) is 0 Å². The number of amides is 2. The fourth-order valence-corrected chi connectivity index (χ4v) is 3.02. The minimum absolute atomic E-state index is 0.0562. The molecular weight excluding hydrogens is 446 g/mol. The molecule has 0 aliphatic rings. The van der Waals surface area contributed by atoms with Gasteiger partial charge < -0.3 is 24.8 Å². The molecule has 0 saturated carbocycles. The second-order valence-electron chi connectivity index (χ2n) is 7.22. The van der Waals surface area contributed by atoms with Gasteiger partial charge in [0.1, 0.15) is 28.9 Å². The Morgan fingerprint density at radius 1 is 0.886 bits per heavy atom. The number of nitrogens with zero attached hydrogens (tertiary/aromatic N) is 1. The summed E-state index contributed by atoms with van der Waals surface area (Å²) >= 11 is 0.